The summed E-state index contributed by atoms with van der Waals surface area (Å²) in [6.45, 7) is 0.335. The van der Waals surface area contributed by atoms with Gasteiger partial charge in [-0.1, -0.05) is 54.6 Å². The first-order chi connectivity index (χ1) is 21.0. The molecule has 5 rings (SSSR count). The number of hydrogen-bond donors (Lipinski definition) is 1. The van der Waals surface area contributed by atoms with Gasteiger partial charge in [-0.2, -0.15) is 10.2 Å². The molecule has 4 aromatic rings. The molecule has 0 unspecified atom stereocenters. The fraction of sp³-hybridized carbons (Fsp3) is 0.303. The summed E-state index contributed by atoms with van der Waals surface area (Å²) in [6.07, 6.45) is 0.511. The van der Waals surface area contributed by atoms with Crippen molar-refractivity contribution in [2.24, 2.45) is 0 Å². The quantitative estimate of drug-likeness (QED) is 0.190. The van der Waals surface area contributed by atoms with Gasteiger partial charge in [0.05, 0.1) is 46.0 Å². The topological polar surface area (TPSA) is 131 Å². The highest BCUT2D eigenvalue weighted by atomic mass is 16.6. The summed E-state index contributed by atoms with van der Waals surface area (Å²) >= 11 is 0. The van der Waals surface area contributed by atoms with E-state index in [0.717, 1.165) is 28.2 Å². The Bertz CT molecular complexity index is 1540. The van der Waals surface area contributed by atoms with Crippen LogP contribution in [0.15, 0.2) is 95.9 Å². The Labute approximate surface area is 250 Å². The molecule has 1 saturated heterocycles. The smallest absolute Gasteiger partial charge is 0.351 e. The number of benzene rings is 3. The molecular formula is C33H34N4O6. The molecule has 3 atom stereocenters. The van der Waals surface area contributed by atoms with Crippen LogP contribution in [0.5, 0.6) is 11.5 Å². The molecule has 1 aliphatic rings. The minimum atomic E-state index is -1.06. The van der Waals surface area contributed by atoms with E-state index in [-0.39, 0.29) is 25.5 Å². The normalized spacial score (nSPS) is 18.2. The lowest BCUT2D eigenvalue weighted by molar-refractivity contribution is -0.104. The van der Waals surface area contributed by atoms with Crippen molar-refractivity contribution in [3.05, 3.63) is 118 Å². The van der Waals surface area contributed by atoms with Crippen molar-refractivity contribution < 1.29 is 23.7 Å². The van der Waals surface area contributed by atoms with Crippen molar-refractivity contribution in [1.82, 2.24) is 9.55 Å². The van der Waals surface area contributed by atoms with Gasteiger partial charge in [-0.15, -0.1) is 0 Å². The molecule has 0 saturated carbocycles. The van der Waals surface area contributed by atoms with Crippen LogP contribution in [0.2, 0.25) is 0 Å². The summed E-state index contributed by atoms with van der Waals surface area (Å²) in [7, 11) is 3.25. The van der Waals surface area contributed by atoms with Gasteiger partial charge in [0, 0.05) is 12.6 Å². The maximum Gasteiger partial charge on any atom is 0.351 e. The summed E-state index contributed by atoms with van der Waals surface area (Å²) in [5, 5.41) is 9.09. The molecule has 0 aliphatic carbocycles. The van der Waals surface area contributed by atoms with Crippen LogP contribution in [0.3, 0.4) is 0 Å². The summed E-state index contributed by atoms with van der Waals surface area (Å²) in [5.41, 5.74) is 6.78. The molecule has 222 valence electrons. The molecule has 1 fully saturated rings. The van der Waals surface area contributed by atoms with E-state index < -0.39 is 29.7 Å². The highest BCUT2D eigenvalue weighted by molar-refractivity contribution is 5.49. The third-order valence-electron chi connectivity index (χ3n) is 7.53. The Morgan fingerprint density at radius 1 is 0.953 bits per heavy atom. The molecule has 2 heterocycles. The lowest BCUT2D eigenvalue weighted by Gasteiger charge is -2.37. The molecule has 0 bridgehead atoms. The van der Waals surface area contributed by atoms with Crippen LogP contribution in [0.1, 0.15) is 35.8 Å². The molecule has 0 spiro atoms. The molecule has 1 aromatic heterocycles. The summed E-state index contributed by atoms with van der Waals surface area (Å²) < 4.78 is 31.8. The molecule has 3 aromatic carbocycles. The van der Waals surface area contributed by atoms with Gasteiger partial charge < -0.3 is 29.4 Å². The number of hydrogen-bond acceptors (Lipinski definition) is 9. The van der Waals surface area contributed by atoms with Crippen molar-refractivity contribution in [3.63, 3.8) is 0 Å². The summed E-state index contributed by atoms with van der Waals surface area (Å²) in [4.78, 5) is 16.5. The third-order valence-corrected chi connectivity index (χ3v) is 7.53. The molecule has 43 heavy (non-hydrogen) atoms. The van der Waals surface area contributed by atoms with Gasteiger partial charge in [-0.25, -0.2) is 4.79 Å². The Balaban J connectivity index is 1.55. The zero-order chi connectivity index (χ0) is 30.2. The fourth-order valence-electron chi connectivity index (χ4n) is 5.38. The van der Waals surface area contributed by atoms with Crippen molar-refractivity contribution in [2.45, 2.75) is 36.9 Å². The number of anilines is 1. The van der Waals surface area contributed by atoms with Gasteiger partial charge in [-0.05, 0) is 47.0 Å². The van der Waals surface area contributed by atoms with Crippen molar-refractivity contribution in [1.29, 1.82) is 5.26 Å². The standard InChI is InChI=1S/C33H34N4O6/c1-39-26-13-9-24(10-14-26)33(23-7-4-3-5-8-23,25-11-15-27(40-2)16-12-25)42-22-29-28(41-20-6-18-34)21-31(43-29)37-19-17-30(35)36-32(37)38/h3-5,7-17,19,28-29,31H,6,20-22H2,1-2H3,(H2,35,36,38)/t28-,29+,31+/m0/s1. The first-order valence-corrected chi connectivity index (χ1v) is 14.0. The Morgan fingerprint density at radius 3 is 2.12 bits per heavy atom. The van der Waals surface area contributed by atoms with Gasteiger partial charge in [0.2, 0.25) is 0 Å². The summed E-state index contributed by atoms with van der Waals surface area (Å²) in [5.74, 6) is 1.57. The van der Waals surface area contributed by atoms with E-state index in [1.165, 1.54) is 4.57 Å². The SMILES string of the molecule is COc1ccc(C(OC[C@H]2O[C@@H](n3ccc(N)nc3=O)C[C@@H]2OCCC#N)(c2ccccc2)c2ccc(OC)cc2)cc1. The Morgan fingerprint density at radius 2 is 1.56 bits per heavy atom. The van der Waals surface area contributed by atoms with E-state index in [2.05, 4.69) is 11.1 Å². The van der Waals surface area contributed by atoms with Crippen LogP contribution in [0.4, 0.5) is 5.82 Å². The largest absolute Gasteiger partial charge is 0.497 e. The maximum atomic E-state index is 12.6. The number of nitrogen functional groups attached to an aromatic ring is 1. The van der Waals surface area contributed by atoms with E-state index in [0.29, 0.717) is 6.42 Å². The number of nitriles is 1. The van der Waals surface area contributed by atoms with Crippen molar-refractivity contribution >= 4 is 5.82 Å². The van der Waals surface area contributed by atoms with Crippen LogP contribution in [0, 0.1) is 11.3 Å². The second-order valence-electron chi connectivity index (χ2n) is 10.0. The highest BCUT2D eigenvalue weighted by Crippen LogP contribution is 2.43. The fourth-order valence-corrected chi connectivity index (χ4v) is 5.38. The monoisotopic (exact) mass is 582 g/mol. The van der Waals surface area contributed by atoms with E-state index >= 15 is 0 Å². The first kappa shape index (κ1) is 29.8. The highest BCUT2D eigenvalue weighted by Gasteiger charge is 2.43. The van der Waals surface area contributed by atoms with E-state index in [1.54, 1.807) is 26.5 Å². The van der Waals surface area contributed by atoms with Gasteiger partial charge in [-0.3, -0.25) is 4.57 Å². The minimum absolute atomic E-state index is 0.109. The molecule has 0 radical (unpaired) electrons. The average molecular weight is 583 g/mol. The number of nitrogens with zero attached hydrogens (tertiary/aromatic N) is 3. The van der Waals surface area contributed by atoms with Crippen molar-refractivity contribution in [2.75, 3.05) is 33.2 Å². The van der Waals surface area contributed by atoms with E-state index in [4.69, 9.17) is 34.7 Å². The number of nitrogens with two attached hydrogens (primary N) is 1. The van der Waals surface area contributed by atoms with E-state index in [1.807, 2.05) is 78.9 Å². The molecule has 10 heteroatoms. The predicted molar refractivity (Wildman–Crippen MR) is 160 cm³/mol. The summed E-state index contributed by atoms with van der Waals surface area (Å²) in [6, 6.07) is 29.1. The van der Waals surface area contributed by atoms with Crippen LogP contribution in [-0.4, -0.2) is 49.2 Å². The van der Waals surface area contributed by atoms with E-state index in [9.17, 15) is 4.79 Å². The van der Waals surface area contributed by atoms with Gasteiger partial charge in [0.25, 0.3) is 0 Å². The second kappa shape index (κ2) is 13.5. The van der Waals surface area contributed by atoms with Crippen LogP contribution >= 0.6 is 0 Å². The molecule has 2 N–H and O–H groups in total. The second-order valence-corrected chi connectivity index (χ2v) is 10.0. The predicted octanol–water partition coefficient (Wildman–Crippen LogP) is 4.44. The van der Waals surface area contributed by atoms with Gasteiger partial charge in [0.1, 0.15) is 35.2 Å². The molecule has 0 amide bonds. The Kier molecular flexibility index (Phi) is 9.37. The zero-order valence-electron chi connectivity index (χ0n) is 24.1. The number of methoxy groups -OCH3 is 2. The molecule has 10 nitrogen and oxygen atoms in total. The van der Waals surface area contributed by atoms with Crippen LogP contribution in [0.25, 0.3) is 0 Å². The zero-order valence-corrected chi connectivity index (χ0v) is 24.1. The number of ether oxygens (including phenoxy) is 5. The number of aromatic nitrogens is 2. The number of rotatable bonds is 12. The minimum Gasteiger partial charge on any atom is -0.497 e. The lowest BCUT2D eigenvalue weighted by atomic mass is 9.80. The maximum absolute atomic E-state index is 12.6. The Hall–Kier alpha value is -4.69. The van der Waals surface area contributed by atoms with Crippen LogP contribution in [-0.2, 0) is 19.8 Å². The van der Waals surface area contributed by atoms with Gasteiger partial charge in [0.15, 0.2) is 0 Å². The lowest BCUT2D eigenvalue weighted by Crippen LogP contribution is -2.38. The third kappa shape index (κ3) is 6.39. The van der Waals surface area contributed by atoms with Crippen molar-refractivity contribution in [3.8, 4) is 17.6 Å². The average Bonchev–Trinajstić information content (AvgIpc) is 3.45. The van der Waals surface area contributed by atoms with Crippen LogP contribution < -0.4 is 20.9 Å². The molecular weight excluding hydrogens is 548 g/mol. The van der Waals surface area contributed by atoms with Gasteiger partial charge >= 0.3 is 5.69 Å². The first-order valence-electron chi connectivity index (χ1n) is 14.0. The molecule has 1 aliphatic heterocycles.